The van der Waals surface area contributed by atoms with Gasteiger partial charge in [-0.1, -0.05) is 331 Å². The van der Waals surface area contributed by atoms with E-state index in [0.717, 1.165) is 114 Å². The van der Waals surface area contributed by atoms with Gasteiger partial charge in [0.1, 0.15) is 19.3 Å². The molecule has 0 radical (unpaired) electrons. The Labute approximate surface area is 581 Å². The first-order valence-corrected chi connectivity index (χ1v) is 42.3. The minimum absolute atomic E-state index is 0.102. The van der Waals surface area contributed by atoms with Gasteiger partial charge in [-0.2, -0.15) is 0 Å². The van der Waals surface area contributed by atoms with Gasteiger partial charge in [-0.3, -0.25) is 37.3 Å². The van der Waals surface area contributed by atoms with E-state index in [1.165, 1.54) is 180 Å². The molecule has 0 saturated heterocycles. The lowest BCUT2D eigenvalue weighted by Gasteiger charge is -2.21. The van der Waals surface area contributed by atoms with E-state index in [2.05, 4.69) is 55.4 Å². The normalized spacial score (nSPS) is 14.7. The van der Waals surface area contributed by atoms with E-state index in [4.69, 9.17) is 37.0 Å². The van der Waals surface area contributed by atoms with Crippen LogP contribution in [0.3, 0.4) is 0 Å². The van der Waals surface area contributed by atoms with Gasteiger partial charge in [0.2, 0.25) is 0 Å². The maximum Gasteiger partial charge on any atom is 0.472 e. The molecule has 17 nitrogen and oxygen atoms in total. The second-order valence-electron chi connectivity index (χ2n) is 28.8. The third-order valence-corrected chi connectivity index (χ3v) is 20.2. The molecule has 564 valence electrons. The van der Waals surface area contributed by atoms with Crippen LogP contribution in [0.2, 0.25) is 0 Å². The van der Waals surface area contributed by atoms with Crippen molar-refractivity contribution < 1.29 is 80.2 Å². The molecule has 0 saturated carbocycles. The molecule has 0 aliphatic heterocycles. The molecule has 0 bridgehead atoms. The van der Waals surface area contributed by atoms with Crippen molar-refractivity contribution in [3.05, 3.63) is 0 Å². The van der Waals surface area contributed by atoms with E-state index >= 15 is 0 Å². The maximum atomic E-state index is 13.1. The Bertz CT molecular complexity index is 1870. The van der Waals surface area contributed by atoms with Crippen molar-refractivity contribution in [2.45, 2.75) is 401 Å². The van der Waals surface area contributed by atoms with Crippen molar-refractivity contribution in [3.8, 4) is 0 Å². The van der Waals surface area contributed by atoms with E-state index in [0.29, 0.717) is 31.6 Å². The van der Waals surface area contributed by atoms with Gasteiger partial charge in [0, 0.05) is 25.7 Å². The lowest BCUT2D eigenvalue weighted by Crippen LogP contribution is -2.30. The smallest absolute Gasteiger partial charge is 0.462 e. The summed E-state index contributed by atoms with van der Waals surface area (Å²) in [7, 11) is -9.91. The molecule has 19 heteroatoms. The number of rotatable bonds is 73. The van der Waals surface area contributed by atoms with Crippen LogP contribution in [0.25, 0.3) is 0 Å². The lowest BCUT2D eigenvalue weighted by atomic mass is 9.99. The largest absolute Gasteiger partial charge is 0.472 e. The van der Waals surface area contributed by atoms with Crippen LogP contribution in [0.1, 0.15) is 383 Å². The van der Waals surface area contributed by atoms with Gasteiger partial charge in [-0.05, 0) is 49.4 Å². The van der Waals surface area contributed by atoms with Gasteiger partial charge < -0.3 is 33.8 Å². The average Bonchev–Trinajstić information content (AvgIpc) is 1.76. The van der Waals surface area contributed by atoms with Crippen LogP contribution >= 0.6 is 15.6 Å². The van der Waals surface area contributed by atoms with Crippen molar-refractivity contribution >= 4 is 39.5 Å². The predicted octanol–water partition coefficient (Wildman–Crippen LogP) is 22.0. The molecule has 0 heterocycles. The number of hydrogen-bond donors (Lipinski definition) is 3. The second kappa shape index (κ2) is 65.4. The highest BCUT2D eigenvalue weighted by atomic mass is 31.2. The highest BCUT2D eigenvalue weighted by molar-refractivity contribution is 7.47. The average molecular weight is 1400 g/mol. The Hall–Kier alpha value is -1.94. The van der Waals surface area contributed by atoms with Crippen LogP contribution in [0.4, 0.5) is 0 Å². The SMILES string of the molecule is CCC(C)CCCCCCCCCCCCCCCCCCCCC(=O)O[C@H](COC(=O)CCCCCCCCCCCCCC(C)C)COP(=O)(O)OC[C@@H](O)COP(=O)(O)OC[C@@H](COC(=O)CCCCCCCCC(C)C)OC(=O)CCCCCCCCC(C)CC. The predicted molar refractivity (Wildman–Crippen MR) is 386 cm³/mol. The minimum atomic E-state index is -4.96. The number of aliphatic hydroxyl groups excluding tert-OH is 1. The molecular formula is C76H148O17P2. The molecule has 0 aliphatic carbocycles. The van der Waals surface area contributed by atoms with E-state index in [-0.39, 0.29) is 25.7 Å². The van der Waals surface area contributed by atoms with Gasteiger partial charge >= 0.3 is 39.5 Å². The number of esters is 4. The molecule has 0 aromatic carbocycles. The Morgan fingerprint density at radius 2 is 0.505 bits per heavy atom. The number of unbranched alkanes of at least 4 members (excludes halogenated alkanes) is 37. The Kier molecular flexibility index (Phi) is 64.0. The zero-order chi connectivity index (χ0) is 70.3. The zero-order valence-corrected chi connectivity index (χ0v) is 64.1. The number of phosphoric acid groups is 2. The van der Waals surface area contributed by atoms with E-state index in [9.17, 15) is 43.2 Å². The monoisotopic (exact) mass is 1400 g/mol. The molecule has 0 rings (SSSR count). The summed E-state index contributed by atoms with van der Waals surface area (Å²) in [6.45, 7) is 14.1. The summed E-state index contributed by atoms with van der Waals surface area (Å²) in [6, 6.07) is 0. The number of ether oxygens (including phenoxy) is 4. The van der Waals surface area contributed by atoms with Crippen LogP contribution in [0, 0.1) is 23.7 Å². The number of carbonyl (C=O) groups excluding carboxylic acids is 4. The fourth-order valence-electron chi connectivity index (χ4n) is 11.5. The van der Waals surface area contributed by atoms with Crippen molar-refractivity contribution in [1.29, 1.82) is 0 Å². The van der Waals surface area contributed by atoms with Crippen molar-refractivity contribution in [2.75, 3.05) is 39.6 Å². The molecule has 0 aromatic heterocycles. The summed E-state index contributed by atoms with van der Waals surface area (Å²) in [6.07, 6.45) is 50.3. The molecular weight excluding hydrogens is 1250 g/mol. The molecule has 0 amide bonds. The third kappa shape index (κ3) is 67.6. The number of phosphoric ester groups is 2. The van der Waals surface area contributed by atoms with Crippen LogP contribution < -0.4 is 0 Å². The van der Waals surface area contributed by atoms with E-state index in [1.807, 2.05) is 0 Å². The second-order valence-corrected chi connectivity index (χ2v) is 31.7. The first-order valence-electron chi connectivity index (χ1n) is 39.3. The zero-order valence-electron chi connectivity index (χ0n) is 62.3. The number of hydrogen-bond acceptors (Lipinski definition) is 15. The molecule has 95 heavy (non-hydrogen) atoms. The van der Waals surface area contributed by atoms with Crippen molar-refractivity contribution in [3.63, 3.8) is 0 Å². The van der Waals surface area contributed by atoms with Gasteiger partial charge in [0.05, 0.1) is 26.4 Å². The molecule has 7 atom stereocenters. The number of carbonyl (C=O) groups is 4. The summed E-state index contributed by atoms with van der Waals surface area (Å²) in [4.78, 5) is 72.7. The number of aliphatic hydroxyl groups is 1. The summed E-state index contributed by atoms with van der Waals surface area (Å²) < 4.78 is 68.4. The quantitative estimate of drug-likeness (QED) is 0.0222. The van der Waals surface area contributed by atoms with Crippen LogP contribution in [0.5, 0.6) is 0 Å². The van der Waals surface area contributed by atoms with Crippen LogP contribution in [-0.2, 0) is 65.4 Å². The van der Waals surface area contributed by atoms with E-state index in [1.54, 1.807) is 0 Å². The van der Waals surface area contributed by atoms with Gasteiger partial charge in [-0.25, -0.2) is 9.13 Å². The molecule has 3 N–H and O–H groups in total. The summed E-state index contributed by atoms with van der Waals surface area (Å²) in [5.41, 5.74) is 0. The first kappa shape index (κ1) is 93.1. The molecule has 0 fully saturated rings. The molecule has 4 unspecified atom stereocenters. The molecule has 0 aromatic rings. The molecule has 0 aliphatic rings. The standard InChI is InChI=1S/C76H148O17P2/c1-9-68(7)54-46-38-29-25-21-17-15-13-11-12-14-16-18-22-27-31-42-50-58-75(80)92-71(62-86-73(78)56-48-40-30-26-23-19-20-24-28-36-44-52-66(3)4)64-90-94(82,83)88-60-70(77)61-89-95(84,85)91-65-72(63-87-74(79)57-49-41-34-32-37-45-53-67(5)6)93-76(81)59-51-43-35-33-39-47-55-69(8)10-2/h66-72,77H,9-65H2,1-8H3,(H,82,83)(H,84,85)/t68?,69?,70-,71-,72-/m1/s1. The van der Waals surface area contributed by atoms with Crippen LogP contribution in [0.15, 0.2) is 0 Å². The summed E-state index contributed by atoms with van der Waals surface area (Å²) in [5.74, 6) is 0.915. The fourth-order valence-corrected chi connectivity index (χ4v) is 13.1. The Morgan fingerprint density at radius 3 is 0.747 bits per heavy atom. The Morgan fingerprint density at radius 1 is 0.295 bits per heavy atom. The summed E-state index contributed by atoms with van der Waals surface area (Å²) >= 11 is 0. The lowest BCUT2D eigenvalue weighted by molar-refractivity contribution is -0.161. The highest BCUT2D eigenvalue weighted by Crippen LogP contribution is 2.45. The summed E-state index contributed by atoms with van der Waals surface area (Å²) in [5, 5.41) is 10.6. The highest BCUT2D eigenvalue weighted by Gasteiger charge is 2.30. The first-order chi connectivity index (χ1) is 45.7. The fraction of sp³-hybridized carbons (Fsp3) is 0.947. The van der Waals surface area contributed by atoms with Gasteiger partial charge in [-0.15, -0.1) is 0 Å². The van der Waals surface area contributed by atoms with Gasteiger partial charge in [0.15, 0.2) is 12.2 Å². The maximum absolute atomic E-state index is 13.1. The van der Waals surface area contributed by atoms with Crippen molar-refractivity contribution in [2.24, 2.45) is 23.7 Å². The topological polar surface area (TPSA) is 237 Å². The third-order valence-electron chi connectivity index (χ3n) is 18.3. The van der Waals surface area contributed by atoms with Crippen LogP contribution in [-0.4, -0.2) is 96.7 Å². The molecule has 0 spiro atoms. The Balaban J connectivity index is 5.18. The minimum Gasteiger partial charge on any atom is -0.462 e. The van der Waals surface area contributed by atoms with Gasteiger partial charge in [0.25, 0.3) is 0 Å². The van der Waals surface area contributed by atoms with E-state index < -0.39 is 97.5 Å². The van der Waals surface area contributed by atoms with Crippen molar-refractivity contribution in [1.82, 2.24) is 0 Å².